The normalized spacial score (nSPS) is 12.5. The summed E-state index contributed by atoms with van der Waals surface area (Å²) in [5.74, 6) is 0. The van der Waals surface area contributed by atoms with Crippen molar-refractivity contribution in [3.8, 4) is 44.5 Å². The van der Waals surface area contributed by atoms with Crippen molar-refractivity contribution in [2.75, 3.05) is 9.80 Å². The molecule has 1 aliphatic rings. The van der Waals surface area contributed by atoms with Crippen LogP contribution in [0.25, 0.3) is 76.8 Å². The lowest BCUT2D eigenvalue weighted by Crippen LogP contribution is -2.17. The minimum absolute atomic E-state index is 0.300. The van der Waals surface area contributed by atoms with Gasteiger partial charge in [0, 0.05) is 39.2 Å². The third-order valence-electron chi connectivity index (χ3n) is 14.8. The fourth-order valence-corrected chi connectivity index (χ4v) is 11.2. The highest BCUT2D eigenvalue weighted by molar-refractivity contribution is 6.14. The molecule has 12 aromatic carbocycles. The van der Waals surface area contributed by atoms with Gasteiger partial charge in [0.25, 0.3) is 0 Å². The van der Waals surface area contributed by atoms with Crippen molar-refractivity contribution in [1.82, 2.24) is 0 Å². The van der Waals surface area contributed by atoms with Crippen LogP contribution in [-0.4, -0.2) is 0 Å². The highest BCUT2D eigenvalue weighted by Gasteiger charge is 2.37. The van der Waals surface area contributed by atoms with Crippen molar-refractivity contribution in [3.63, 3.8) is 0 Å². The number of hydrogen-bond acceptors (Lipinski definition) is 2. The molecule has 2 heteroatoms. The highest BCUT2D eigenvalue weighted by atomic mass is 15.1. The molecule has 12 aromatic rings. The van der Waals surface area contributed by atoms with Gasteiger partial charge in [-0.2, -0.15) is 0 Å². The van der Waals surface area contributed by atoms with Gasteiger partial charge >= 0.3 is 0 Å². The zero-order valence-electron chi connectivity index (χ0n) is 39.8. The summed E-state index contributed by atoms with van der Waals surface area (Å²) < 4.78 is 0. The molecule has 0 aromatic heterocycles. The molecular formula is C69H50N2. The number of benzene rings is 12. The highest BCUT2D eigenvalue weighted by Crippen LogP contribution is 2.53. The number of nitrogens with zero attached hydrogens (tertiary/aromatic N) is 2. The summed E-state index contributed by atoms with van der Waals surface area (Å²) in [4.78, 5) is 4.88. The fraction of sp³-hybridized carbons (Fsp3) is 0.0435. The molecule has 71 heavy (non-hydrogen) atoms. The second-order valence-corrected chi connectivity index (χ2v) is 19.3. The third kappa shape index (κ3) is 7.35. The van der Waals surface area contributed by atoms with E-state index in [4.69, 9.17) is 0 Å². The van der Waals surface area contributed by atoms with Crippen LogP contribution in [0.5, 0.6) is 0 Å². The van der Waals surface area contributed by atoms with Gasteiger partial charge in [-0.05, 0) is 149 Å². The average Bonchev–Trinajstić information content (AvgIpc) is 3.66. The van der Waals surface area contributed by atoms with E-state index >= 15 is 0 Å². The summed E-state index contributed by atoms with van der Waals surface area (Å²) in [7, 11) is 0. The summed E-state index contributed by atoms with van der Waals surface area (Å²) in [6.45, 7) is 4.79. The van der Waals surface area contributed by atoms with Crippen molar-refractivity contribution in [1.29, 1.82) is 0 Å². The van der Waals surface area contributed by atoms with Crippen LogP contribution in [-0.2, 0) is 5.41 Å². The largest absolute Gasteiger partial charge is 0.310 e. The van der Waals surface area contributed by atoms with Crippen molar-refractivity contribution < 1.29 is 0 Å². The Hall–Kier alpha value is -8.98. The van der Waals surface area contributed by atoms with Crippen LogP contribution < -0.4 is 9.80 Å². The average molecular weight is 907 g/mol. The molecule has 0 heterocycles. The van der Waals surface area contributed by atoms with Crippen molar-refractivity contribution in [2.45, 2.75) is 19.3 Å². The second-order valence-electron chi connectivity index (χ2n) is 19.3. The smallest absolute Gasteiger partial charge is 0.0546 e. The first-order chi connectivity index (χ1) is 35.0. The molecule has 2 nitrogen and oxygen atoms in total. The second kappa shape index (κ2) is 17.2. The van der Waals surface area contributed by atoms with Crippen molar-refractivity contribution in [3.05, 3.63) is 278 Å². The van der Waals surface area contributed by atoms with Gasteiger partial charge in [0.2, 0.25) is 0 Å². The predicted molar refractivity (Wildman–Crippen MR) is 302 cm³/mol. The summed E-state index contributed by atoms with van der Waals surface area (Å²) in [6, 6.07) is 97.9. The minimum atomic E-state index is -0.300. The fourth-order valence-electron chi connectivity index (χ4n) is 11.2. The Balaban J connectivity index is 0.927. The Kier molecular flexibility index (Phi) is 10.2. The van der Waals surface area contributed by atoms with Crippen LogP contribution in [0.3, 0.4) is 0 Å². The lowest BCUT2D eigenvalue weighted by molar-refractivity contribution is 0.660. The van der Waals surface area contributed by atoms with Crippen molar-refractivity contribution >= 4 is 66.4 Å². The van der Waals surface area contributed by atoms with Gasteiger partial charge in [0.15, 0.2) is 0 Å². The molecule has 0 radical (unpaired) electrons. The minimum Gasteiger partial charge on any atom is -0.310 e. The molecular weight excluding hydrogens is 857 g/mol. The summed E-state index contributed by atoms with van der Waals surface area (Å²) in [5, 5.41) is 7.43. The first-order valence-corrected chi connectivity index (χ1v) is 24.7. The Morgan fingerprint density at radius 3 is 1.24 bits per heavy atom. The van der Waals surface area contributed by atoms with Gasteiger partial charge in [0.05, 0.1) is 5.69 Å². The molecule has 0 unspecified atom stereocenters. The van der Waals surface area contributed by atoms with Gasteiger partial charge in [-0.1, -0.05) is 214 Å². The Morgan fingerprint density at radius 2 is 0.662 bits per heavy atom. The first kappa shape index (κ1) is 42.1. The maximum absolute atomic E-state index is 2.48. The Bertz CT molecular complexity index is 3840. The van der Waals surface area contributed by atoms with Gasteiger partial charge in [-0.15, -0.1) is 0 Å². The van der Waals surface area contributed by atoms with E-state index in [1.807, 2.05) is 0 Å². The van der Waals surface area contributed by atoms with E-state index in [-0.39, 0.29) is 5.41 Å². The van der Waals surface area contributed by atoms with E-state index in [2.05, 4.69) is 291 Å². The summed E-state index contributed by atoms with van der Waals surface area (Å²) in [6.07, 6.45) is 0. The predicted octanol–water partition coefficient (Wildman–Crippen LogP) is 19.4. The van der Waals surface area contributed by atoms with Crippen LogP contribution in [0.1, 0.15) is 25.0 Å². The lowest BCUT2D eigenvalue weighted by Gasteiger charge is -2.30. The molecule has 0 N–H and O–H groups in total. The van der Waals surface area contributed by atoms with E-state index in [9.17, 15) is 0 Å². The maximum Gasteiger partial charge on any atom is 0.0546 e. The molecule has 0 fully saturated rings. The molecule has 0 aliphatic heterocycles. The van der Waals surface area contributed by atoms with Crippen LogP contribution >= 0.6 is 0 Å². The van der Waals surface area contributed by atoms with Gasteiger partial charge < -0.3 is 9.80 Å². The summed E-state index contributed by atoms with van der Waals surface area (Å²) >= 11 is 0. The van der Waals surface area contributed by atoms with Crippen molar-refractivity contribution in [2.24, 2.45) is 0 Å². The summed E-state index contributed by atoms with van der Waals surface area (Å²) in [5.41, 5.74) is 18.9. The topological polar surface area (TPSA) is 6.48 Å². The maximum atomic E-state index is 2.48. The van der Waals surface area contributed by atoms with E-state index in [1.54, 1.807) is 0 Å². The van der Waals surface area contributed by atoms with Gasteiger partial charge in [-0.3, -0.25) is 0 Å². The van der Waals surface area contributed by atoms with E-state index < -0.39 is 0 Å². The quantitative estimate of drug-likeness (QED) is 0.133. The standard InChI is InChI=1S/C69H50N2/c1-69(2)66-45-57(70(54-34-28-49(29-35-54)47-16-5-3-6-17-47)55-36-30-50(31-37-55)48-18-7-4-8-19-48)40-42-63(66)64-43-41-58(46-67(64)69)71(68-44-53-21-10-12-24-61(53)62-25-13-14-26-65(62)68)56-38-32-52(33-39-56)60-27-15-22-51-20-9-11-23-59(51)60/h3-46H,1-2H3. The molecule has 0 saturated heterocycles. The molecule has 0 bridgehead atoms. The van der Waals surface area contributed by atoms with Crippen LogP contribution in [0.4, 0.5) is 34.1 Å². The zero-order chi connectivity index (χ0) is 47.5. The molecule has 1 aliphatic carbocycles. The van der Waals surface area contributed by atoms with Crippen LogP contribution in [0, 0.1) is 0 Å². The lowest BCUT2D eigenvalue weighted by atomic mass is 9.82. The number of fused-ring (bicyclic) bond motifs is 7. The van der Waals surface area contributed by atoms with Crippen LogP contribution in [0.15, 0.2) is 267 Å². The molecule has 0 saturated carbocycles. The number of anilines is 6. The zero-order valence-corrected chi connectivity index (χ0v) is 39.8. The SMILES string of the molecule is CC1(C)c2cc(N(c3ccc(-c4ccccc4)cc3)c3ccc(-c4ccccc4)cc3)ccc2-c2ccc(N(c3ccc(-c4cccc5ccccc45)cc3)c3cc4ccccc4c4ccccc34)cc21. The molecule has 0 atom stereocenters. The molecule has 0 spiro atoms. The van der Waals surface area contributed by atoms with E-state index in [1.165, 1.54) is 88.0 Å². The number of rotatable bonds is 9. The first-order valence-electron chi connectivity index (χ1n) is 24.7. The van der Waals surface area contributed by atoms with Gasteiger partial charge in [-0.25, -0.2) is 0 Å². The Morgan fingerprint density at radius 1 is 0.254 bits per heavy atom. The van der Waals surface area contributed by atoms with Gasteiger partial charge in [0.1, 0.15) is 0 Å². The molecule has 0 amide bonds. The molecule has 336 valence electrons. The molecule has 13 rings (SSSR count). The Labute approximate surface area is 416 Å². The van der Waals surface area contributed by atoms with E-state index in [0.29, 0.717) is 0 Å². The number of hydrogen-bond donors (Lipinski definition) is 0. The monoisotopic (exact) mass is 906 g/mol. The third-order valence-corrected chi connectivity index (χ3v) is 14.8. The van der Waals surface area contributed by atoms with Crippen LogP contribution in [0.2, 0.25) is 0 Å². The van der Waals surface area contributed by atoms with E-state index in [0.717, 1.165) is 34.1 Å².